The minimum atomic E-state index is -0.772. The van der Waals surface area contributed by atoms with Crippen molar-refractivity contribution in [3.05, 3.63) is 57.0 Å². The van der Waals surface area contributed by atoms with E-state index in [9.17, 15) is 14.4 Å². The second-order valence-electron chi connectivity index (χ2n) is 6.61. The van der Waals surface area contributed by atoms with Crippen LogP contribution in [0.5, 0.6) is 0 Å². The molecule has 9 nitrogen and oxygen atoms in total. The number of nitrogens with zero attached hydrogens (tertiary/aromatic N) is 4. The summed E-state index contributed by atoms with van der Waals surface area (Å²) in [5.74, 6) is -0.483. The minimum absolute atomic E-state index is 0.0783. The van der Waals surface area contributed by atoms with Crippen LogP contribution in [0.3, 0.4) is 0 Å². The number of imidazole rings is 1. The van der Waals surface area contributed by atoms with E-state index in [0.29, 0.717) is 5.69 Å². The van der Waals surface area contributed by atoms with Gasteiger partial charge in [0, 0.05) is 7.11 Å². The highest BCUT2D eigenvalue weighted by atomic mass is 16.5. The van der Waals surface area contributed by atoms with Gasteiger partial charge in [-0.1, -0.05) is 18.2 Å². The summed E-state index contributed by atoms with van der Waals surface area (Å²) in [5.41, 5.74) is 0.774. The molecule has 0 aliphatic rings. The van der Waals surface area contributed by atoms with Gasteiger partial charge in [0.15, 0.2) is 11.2 Å². The lowest BCUT2D eigenvalue weighted by Gasteiger charge is -2.16. The molecule has 2 heterocycles. The highest BCUT2D eigenvalue weighted by molar-refractivity contribution is 5.79. The lowest BCUT2D eigenvalue weighted by molar-refractivity contribution is -0.146. The molecule has 0 saturated heterocycles. The number of ether oxygens (including phenoxy) is 2. The number of aromatic nitrogens is 4. The fourth-order valence-electron chi connectivity index (χ4n) is 3.23. The van der Waals surface area contributed by atoms with E-state index in [1.54, 1.807) is 19.9 Å². The van der Waals surface area contributed by atoms with E-state index in [-0.39, 0.29) is 30.9 Å². The monoisotopic (exact) mass is 400 g/mol. The second-order valence-corrected chi connectivity index (χ2v) is 6.61. The van der Waals surface area contributed by atoms with Gasteiger partial charge in [0.05, 0.1) is 31.8 Å². The van der Waals surface area contributed by atoms with Crippen LogP contribution in [0.4, 0.5) is 0 Å². The molecule has 0 saturated carbocycles. The first kappa shape index (κ1) is 20.5. The molecule has 0 aliphatic heterocycles. The number of benzene rings is 1. The number of rotatable bonds is 7. The van der Waals surface area contributed by atoms with Gasteiger partial charge in [0.2, 0.25) is 0 Å². The maximum Gasteiger partial charge on any atom is 0.337 e. The standard InChI is InChI=1S/C20H24N4O5/c1-5-29-19(26)14(3)23-12-21-17-16(23)18(25)22(10-11-28-4)20(27)24(17)15-9-7-6-8-13(15)2/h6-9,12,14H,5,10-11H2,1-4H3/t14-/m0/s1. The molecule has 1 atom stereocenters. The first-order valence-corrected chi connectivity index (χ1v) is 9.36. The van der Waals surface area contributed by atoms with E-state index in [1.165, 1.54) is 22.6 Å². The van der Waals surface area contributed by atoms with Crippen molar-refractivity contribution in [2.45, 2.75) is 33.4 Å². The summed E-state index contributed by atoms with van der Waals surface area (Å²) < 4.78 is 14.1. The molecule has 154 valence electrons. The van der Waals surface area contributed by atoms with Gasteiger partial charge in [0.1, 0.15) is 6.04 Å². The third kappa shape index (κ3) is 3.61. The number of carbonyl (C=O) groups is 1. The molecule has 0 radical (unpaired) electrons. The highest BCUT2D eigenvalue weighted by Gasteiger charge is 2.25. The van der Waals surface area contributed by atoms with Crippen molar-refractivity contribution in [3.8, 4) is 5.69 Å². The van der Waals surface area contributed by atoms with E-state index in [4.69, 9.17) is 9.47 Å². The molecule has 0 spiro atoms. The Bertz CT molecular complexity index is 1160. The third-order valence-corrected chi connectivity index (χ3v) is 4.78. The van der Waals surface area contributed by atoms with Crippen LogP contribution in [-0.4, -0.2) is 45.0 Å². The normalized spacial score (nSPS) is 12.3. The smallest absolute Gasteiger partial charge is 0.337 e. The first-order chi connectivity index (χ1) is 13.9. The Kier molecular flexibility index (Phi) is 5.97. The van der Waals surface area contributed by atoms with Crippen molar-refractivity contribution < 1.29 is 14.3 Å². The molecule has 1 aromatic carbocycles. The van der Waals surface area contributed by atoms with E-state index in [0.717, 1.165) is 10.1 Å². The molecule has 0 aliphatic carbocycles. The number of fused-ring (bicyclic) bond motifs is 1. The molecule has 0 bridgehead atoms. The third-order valence-electron chi connectivity index (χ3n) is 4.78. The SMILES string of the molecule is CCOC(=O)[C@H](C)n1cnc2c1c(=O)n(CCOC)c(=O)n2-c1ccccc1C. The molecule has 9 heteroatoms. The quantitative estimate of drug-likeness (QED) is 0.557. The van der Waals surface area contributed by atoms with Crippen LogP contribution in [0.15, 0.2) is 40.2 Å². The number of hydrogen-bond acceptors (Lipinski definition) is 6. The fraction of sp³-hybridized carbons (Fsp3) is 0.400. The van der Waals surface area contributed by atoms with E-state index >= 15 is 0 Å². The predicted molar refractivity (Wildman–Crippen MR) is 108 cm³/mol. The number of methoxy groups -OCH3 is 1. The van der Waals surface area contributed by atoms with Crippen LogP contribution < -0.4 is 11.2 Å². The maximum atomic E-state index is 13.2. The van der Waals surface area contributed by atoms with E-state index in [1.807, 2.05) is 25.1 Å². The Labute approximate surface area is 167 Å². The summed E-state index contributed by atoms with van der Waals surface area (Å²) in [5, 5.41) is 0. The average molecular weight is 400 g/mol. The predicted octanol–water partition coefficient (Wildman–Crippen LogP) is 1.43. The van der Waals surface area contributed by atoms with Gasteiger partial charge < -0.3 is 14.0 Å². The molecule has 0 unspecified atom stereocenters. The molecule has 0 fully saturated rings. The van der Waals surface area contributed by atoms with Gasteiger partial charge in [-0.15, -0.1) is 0 Å². The van der Waals surface area contributed by atoms with Crippen LogP contribution in [0.25, 0.3) is 16.9 Å². The molecule has 3 rings (SSSR count). The molecular formula is C20H24N4O5. The maximum absolute atomic E-state index is 13.2. The van der Waals surface area contributed by atoms with Crippen molar-refractivity contribution in [1.29, 1.82) is 0 Å². The number of para-hydroxylation sites is 1. The Morgan fingerprint density at radius 3 is 2.62 bits per heavy atom. The summed E-state index contributed by atoms with van der Waals surface area (Å²) in [4.78, 5) is 43.0. The number of aryl methyl sites for hydroxylation is 1. The molecule has 0 amide bonds. The van der Waals surface area contributed by atoms with Gasteiger partial charge in [0.25, 0.3) is 5.56 Å². The van der Waals surface area contributed by atoms with Gasteiger partial charge in [-0.2, -0.15) is 0 Å². The number of esters is 1. The lowest BCUT2D eigenvalue weighted by atomic mass is 10.2. The second kappa shape index (κ2) is 8.44. The molecule has 29 heavy (non-hydrogen) atoms. The highest BCUT2D eigenvalue weighted by Crippen LogP contribution is 2.19. The van der Waals surface area contributed by atoms with Crippen LogP contribution in [-0.2, 0) is 20.8 Å². The largest absolute Gasteiger partial charge is 0.464 e. The summed E-state index contributed by atoms with van der Waals surface area (Å²) in [6.07, 6.45) is 1.39. The minimum Gasteiger partial charge on any atom is -0.464 e. The zero-order chi connectivity index (χ0) is 21.1. The van der Waals surface area contributed by atoms with Gasteiger partial charge in [-0.3, -0.25) is 9.36 Å². The van der Waals surface area contributed by atoms with Crippen molar-refractivity contribution in [2.75, 3.05) is 20.3 Å². The Morgan fingerprint density at radius 1 is 1.24 bits per heavy atom. The first-order valence-electron chi connectivity index (χ1n) is 9.36. The van der Waals surface area contributed by atoms with Crippen molar-refractivity contribution >= 4 is 17.1 Å². The van der Waals surface area contributed by atoms with Crippen LogP contribution >= 0.6 is 0 Å². The zero-order valence-electron chi connectivity index (χ0n) is 16.9. The topological polar surface area (TPSA) is 97.4 Å². The summed E-state index contributed by atoms with van der Waals surface area (Å²) >= 11 is 0. The lowest BCUT2D eigenvalue weighted by Crippen LogP contribution is -2.41. The molecular weight excluding hydrogens is 376 g/mol. The van der Waals surface area contributed by atoms with E-state index in [2.05, 4.69) is 4.98 Å². The molecule has 3 aromatic rings. The Balaban J connectivity index is 2.37. The van der Waals surface area contributed by atoms with Crippen molar-refractivity contribution in [1.82, 2.24) is 18.7 Å². The van der Waals surface area contributed by atoms with Crippen LogP contribution in [0, 0.1) is 6.92 Å². The van der Waals surface area contributed by atoms with E-state index < -0.39 is 23.3 Å². The fourth-order valence-corrected chi connectivity index (χ4v) is 3.23. The zero-order valence-corrected chi connectivity index (χ0v) is 16.9. The molecule has 0 N–H and O–H groups in total. The average Bonchev–Trinajstić information content (AvgIpc) is 3.14. The summed E-state index contributed by atoms with van der Waals surface area (Å²) in [7, 11) is 1.50. The van der Waals surface area contributed by atoms with Crippen LogP contribution in [0.1, 0.15) is 25.5 Å². The Hall–Kier alpha value is -3.20. The van der Waals surface area contributed by atoms with Crippen molar-refractivity contribution in [2.24, 2.45) is 0 Å². The summed E-state index contributed by atoms with van der Waals surface area (Å²) in [6, 6.07) is 6.56. The number of carbonyl (C=O) groups excluding carboxylic acids is 1. The van der Waals surface area contributed by atoms with Gasteiger partial charge >= 0.3 is 11.7 Å². The summed E-state index contributed by atoms with van der Waals surface area (Å²) in [6.45, 7) is 5.70. The van der Waals surface area contributed by atoms with Crippen molar-refractivity contribution in [3.63, 3.8) is 0 Å². The van der Waals surface area contributed by atoms with Gasteiger partial charge in [-0.05, 0) is 32.4 Å². The Morgan fingerprint density at radius 2 is 1.97 bits per heavy atom. The van der Waals surface area contributed by atoms with Crippen LogP contribution in [0.2, 0.25) is 0 Å². The number of hydrogen-bond donors (Lipinski definition) is 0. The van der Waals surface area contributed by atoms with Gasteiger partial charge in [-0.25, -0.2) is 19.1 Å². The molecule has 2 aromatic heterocycles.